The summed E-state index contributed by atoms with van der Waals surface area (Å²) in [5.74, 6) is -1.48. The van der Waals surface area contributed by atoms with E-state index in [1.807, 2.05) is 0 Å². The number of hydrogen-bond acceptors (Lipinski definition) is 7. The van der Waals surface area contributed by atoms with Gasteiger partial charge in [0.2, 0.25) is 5.71 Å². The molecule has 1 saturated heterocycles. The first kappa shape index (κ1) is 15.2. The monoisotopic (exact) mass is 312 g/mol. The maximum atomic E-state index is 11.8. The SMILES string of the molecule is Nc1nc(/C(=N/OCC(=O)N2CCCCC2)C(=O)O)cs1. The highest BCUT2D eigenvalue weighted by Gasteiger charge is 2.19. The minimum atomic E-state index is -1.29. The number of nitrogens with zero attached hydrogens (tertiary/aromatic N) is 3. The second kappa shape index (κ2) is 7.02. The average Bonchev–Trinajstić information content (AvgIpc) is 2.90. The summed E-state index contributed by atoms with van der Waals surface area (Å²) in [4.78, 5) is 33.3. The summed E-state index contributed by atoms with van der Waals surface area (Å²) in [7, 11) is 0. The molecular weight excluding hydrogens is 296 g/mol. The van der Waals surface area contributed by atoms with E-state index < -0.39 is 5.97 Å². The minimum absolute atomic E-state index is 0.121. The van der Waals surface area contributed by atoms with Gasteiger partial charge in [-0.2, -0.15) is 0 Å². The molecule has 0 aliphatic carbocycles. The number of anilines is 1. The van der Waals surface area contributed by atoms with Crippen molar-refractivity contribution in [3.63, 3.8) is 0 Å². The highest BCUT2D eigenvalue weighted by molar-refractivity contribution is 7.13. The van der Waals surface area contributed by atoms with E-state index >= 15 is 0 Å². The molecule has 0 unspecified atom stereocenters. The second-order valence-corrected chi connectivity index (χ2v) is 5.42. The van der Waals surface area contributed by atoms with Crippen LogP contribution in [0.5, 0.6) is 0 Å². The lowest BCUT2D eigenvalue weighted by atomic mass is 10.1. The predicted molar refractivity (Wildman–Crippen MR) is 77.1 cm³/mol. The van der Waals surface area contributed by atoms with Gasteiger partial charge in [0.15, 0.2) is 11.7 Å². The van der Waals surface area contributed by atoms with Crippen molar-refractivity contribution in [1.82, 2.24) is 9.88 Å². The van der Waals surface area contributed by atoms with Crippen LogP contribution in [0.4, 0.5) is 5.13 Å². The molecule has 1 aliphatic rings. The molecule has 0 saturated carbocycles. The Morgan fingerprint density at radius 3 is 2.71 bits per heavy atom. The number of piperidine rings is 1. The quantitative estimate of drug-likeness (QED) is 0.605. The van der Waals surface area contributed by atoms with Crippen LogP contribution >= 0.6 is 11.3 Å². The summed E-state index contributed by atoms with van der Waals surface area (Å²) in [5.41, 5.74) is 5.20. The Labute approximate surface area is 125 Å². The Hall–Kier alpha value is -2.16. The largest absolute Gasteiger partial charge is 0.476 e. The molecule has 1 aliphatic heterocycles. The van der Waals surface area contributed by atoms with Gasteiger partial charge in [-0.25, -0.2) is 9.78 Å². The third kappa shape index (κ3) is 4.15. The predicted octanol–water partition coefficient (Wildman–Crippen LogP) is 0.543. The van der Waals surface area contributed by atoms with Gasteiger partial charge >= 0.3 is 5.97 Å². The fourth-order valence-electron chi connectivity index (χ4n) is 1.98. The highest BCUT2D eigenvalue weighted by Crippen LogP contribution is 2.12. The lowest BCUT2D eigenvalue weighted by Gasteiger charge is -2.25. The molecule has 0 atom stereocenters. The zero-order valence-electron chi connectivity index (χ0n) is 11.3. The fraction of sp³-hybridized carbons (Fsp3) is 0.500. The van der Waals surface area contributed by atoms with Crippen LogP contribution in [0.25, 0.3) is 0 Å². The highest BCUT2D eigenvalue weighted by atomic mass is 32.1. The van der Waals surface area contributed by atoms with Gasteiger partial charge in [0.25, 0.3) is 5.91 Å². The Kier molecular flexibility index (Phi) is 5.09. The van der Waals surface area contributed by atoms with E-state index in [9.17, 15) is 9.59 Å². The Balaban J connectivity index is 1.94. The molecule has 0 bridgehead atoms. The summed E-state index contributed by atoms with van der Waals surface area (Å²) in [6.45, 7) is 1.14. The number of carboxylic acid groups (broad SMARTS) is 1. The number of carbonyl (C=O) groups is 2. The summed E-state index contributed by atoms with van der Waals surface area (Å²) < 4.78 is 0. The van der Waals surface area contributed by atoms with Crippen LogP contribution in [0, 0.1) is 0 Å². The molecule has 8 nitrogen and oxygen atoms in total. The van der Waals surface area contributed by atoms with Crippen molar-refractivity contribution in [2.24, 2.45) is 5.16 Å². The van der Waals surface area contributed by atoms with Crippen LogP contribution in [0.1, 0.15) is 25.0 Å². The number of nitrogen functional groups attached to an aromatic ring is 1. The van der Waals surface area contributed by atoms with Crippen molar-refractivity contribution >= 4 is 34.1 Å². The Morgan fingerprint density at radius 1 is 1.43 bits per heavy atom. The first-order chi connectivity index (χ1) is 10.1. The molecule has 1 amide bonds. The number of nitrogens with two attached hydrogens (primary N) is 1. The molecule has 3 N–H and O–H groups in total. The van der Waals surface area contributed by atoms with Gasteiger partial charge in [0.1, 0.15) is 5.69 Å². The molecular formula is C12H16N4O4S. The molecule has 1 aromatic heterocycles. The fourth-order valence-corrected chi connectivity index (χ4v) is 2.53. The lowest BCUT2D eigenvalue weighted by molar-refractivity contribution is -0.137. The van der Waals surface area contributed by atoms with Crippen molar-refractivity contribution in [3.8, 4) is 0 Å². The van der Waals surface area contributed by atoms with Crippen LogP contribution in [0.15, 0.2) is 10.5 Å². The van der Waals surface area contributed by atoms with E-state index in [1.54, 1.807) is 4.90 Å². The van der Waals surface area contributed by atoms with Gasteiger partial charge in [0, 0.05) is 18.5 Å². The number of amides is 1. The van der Waals surface area contributed by atoms with Crippen LogP contribution in [0.2, 0.25) is 0 Å². The Morgan fingerprint density at radius 2 is 2.14 bits per heavy atom. The van der Waals surface area contributed by atoms with E-state index in [-0.39, 0.29) is 29.1 Å². The minimum Gasteiger partial charge on any atom is -0.476 e. The number of carbonyl (C=O) groups excluding carboxylic acids is 1. The number of aliphatic carboxylic acids is 1. The van der Waals surface area contributed by atoms with E-state index in [2.05, 4.69) is 10.1 Å². The molecule has 2 heterocycles. The summed E-state index contributed by atoms with van der Waals surface area (Å²) in [6, 6.07) is 0. The zero-order chi connectivity index (χ0) is 15.2. The van der Waals surface area contributed by atoms with Crippen molar-refractivity contribution in [2.45, 2.75) is 19.3 Å². The van der Waals surface area contributed by atoms with Gasteiger partial charge in [-0.3, -0.25) is 4.79 Å². The third-order valence-electron chi connectivity index (χ3n) is 3.02. The summed E-state index contributed by atoms with van der Waals surface area (Å²) in [6.07, 6.45) is 3.08. The number of thiazole rings is 1. The average molecular weight is 312 g/mol. The van der Waals surface area contributed by atoms with E-state index in [0.717, 1.165) is 30.6 Å². The van der Waals surface area contributed by atoms with Crippen molar-refractivity contribution in [3.05, 3.63) is 11.1 Å². The van der Waals surface area contributed by atoms with Crippen LogP contribution in [-0.2, 0) is 14.4 Å². The second-order valence-electron chi connectivity index (χ2n) is 4.53. The zero-order valence-corrected chi connectivity index (χ0v) is 12.1. The van der Waals surface area contributed by atoms with Crippen molar-refractivity contribution in [2.75, 3.05) is 25.4 Å². The van der Waals surface area contributed by atoms with Gasteiger partial charge < -0.3 is 20.6 Å². The number of rotatable bonds is 5. The molecule has 0 spiro atoms. The smallest absolute Gasteiger partial charge is 0.360 e. The number of aromatic nitrogens is 1. The van der Waals surface area contributed by atoms with Crippen LogP contribution in [-0.4, -0.2) is 52.3 Å². The van der Waals surface area contributed by atoms with Crippen molar-refractivity contribution < 1.29 is 19.5 Å². The molecule has 21 heavy (non-hydrogen) atoms. The van der Waals surface area contributed by atoms with Gasteiger partial charge in [0.05, 0.1) is 0 Å². The standard InChI is InChI=1S/C12H16N4O4S/c13-12-14-8(7-21-12)10(11(18)19)15-20-6-9(17)16-4-2-1-3-5-16/h7H,1-6H2,(H2,13,14)(H,18,19)/b15-10-. The molecule has 2 rings (SSSR count). The molecule has 0 aromatic carbocycles. The van der Waals surface area contributed by atoms with Gasteiger partial charge in [-0.05, 0) is 19.3 Å². The summed E-state index contributed by atoms with van der Waals surface area (Å²) in [5, 5.41) is 14.3. The van der Waals surface area contributed by atoms with Gasteiger partial charge in [-0.15, -0.1) is 11.3 Å². The van der Waals surface area contributed by atoms with Crippen LogP contribution < -0.4 is 5.73 Å². The number of carboxylic acids is 1. The van der Waals surface area contributed by atoms with E-state index in [0.29, 0.717) is 13.1 Å². The normalized spacial score (nSPS) is 15.8. The number of hydrogen-bond donors (Lipinski definition) is 2. The molecule has 9 heteroatoms. The first-order valence-electron chi connectivity index (χ1n) is 6.50. The molecule has 1 fully saturated rings. The third-order valence-corrected chi connectivity index (χ3v) is 3.69. The topological polar surface area (TPSA) is 118 Å². The van der Waals surface area contributed by atoms with E-state index in [1.165, 1.54) is 5.38 Å². The first-order valence-corrected chi connectivity index (χ1v) is 7.38. The number of oxime groups is 1. The van der Waals surface area contributed by atoms with Crippen molar-refractivity contribution in [1.29, 1.82) is 0 Å². The van der Waals surface area contributed by atoms with E-state index in [4.69, 9.17) is 15.7 Å². The molecule has 0 radical (unpaired) electrons. The molecule has 1 aromatic rings. The maximum absolute atomic E-state index is 11.8. The Bertz CT molecular complexity index is 551. The molecule has 114 valence electrons. The summed E-state index contributed by atoms with van der Waals surface area (Å²) >= 11 is 1.10. The lowest BCUT2D eigenvalue weighted by Crippen LogP contribution is -2.37. The maximum Gasteiger partial charge on any atom is 0.360 e. The van der Waals surface area contributed by atoms with Gasteiger partial charge in [-0.1, -0.05) is 5.16 Å². The van der Waals surface area contributed by atoms with Crippen LogP contribution in [0.3, 0.4) is 0 Å². The number of likely N-dealkylation sites (tertiary alicyclic amines) is 1.